The third kappa shape index (κ3) is 1.78. The standard InChI is InChI=1S/C10H13N3O2/c1-10(6-14)4-7(10)5-13-3-2-8(11)12-9(13)15/h2-3,5,14H,4,6H2,1H3,(H2,11,12,15). The van der Waals surface area contributed by atoms with Crippen molar-refractivity contribution in [3.05, 3.63) is 28.3 Å². The van der Waals surface area contributed by atoms with Crippen LogP contribution in [0.1, 0.15) is 13.3 Å². The van der Waals surface area contributed by atoms with Crippen LogP contribution < -0.4 is 11.4 Å². The van der Waals surface area contributed by atoms with Crippen molar-refractivity contribution in [2.24, 2.45) is 5.41 Å². The average Bonchev–Trinajstić information content (AvgIpc) is 2.83. The number of anilines is 1. The van der Waals surface area contributed by atoms with Crippen LogP contribution in [0.25, 0.3) is 6.20 Å². The first-order chi connectivity index (χ1) is 7.05. The van der Waals surface area contributed by atoms with Crippen LogP contribution in [0.3, 0.4) is 0 Å². The molecule has 1 fully saturated rings. The molecule has 1 aliphatic carbocycles. The minimum Gasteiger partial charge on any atom is -0.395 e. The SMILES string of the molecule is CC1(CO)CC1=Cn1ccc(N)nc1=O. The number of aliphatic hydroxyl groups excluding tert-OH is 1. The van der Waals surface area contributed by atoms with Gasteiger partial charge in [-0.1, -0.05) is 6.92 Å². The minimum atomic E-state index is -0.394. The lowest BCUT2D eigenvalue weighted by atomic mass is 10.1. The van der Waals surface area contributed by atoms with E-state index in [2.05, 4.69) is 4.98 Å². The fourth-order valence-corrected chi connectivity index (χ4v) is 1.43. The van der Waals surface area contributed by atoms with Crippen molar-refractivity contribution in [2.75, 3.05) is 12.3 Å². The first-order valence-electron chi connectivity index (χ1n) is 4.72. The Bertz CT molecular complexity index is 478. The molecule has 0 spiro atoms. The molecule has 0 radical (unpaired) electrons. The zero-order valence-electron chi connectivity index (χ0n) is 8.47. The number of rotatable bonds is 2. The van der Waals surface area contributed by atoms with Gasteiger partial charge in [0.15, 0.2) is 0 Å². The van der Waals surface area contributed by atoms with Crippen LogP contribution in [0.4, 0.5) is 5.82 Å². The lowest BCUT2D eigenvalue weighted by molar-refractivity contribution is 0.233. The summed E-state index contributed by atoms with van der Waals surface area (Å²) in [5, 5.41) is 9.06. The molecule has 3 N–H and O–H groups in total. The number of nitrogen functional groups attached to an aromatic ring is 1. The van der Waals surface area contributed by atoms with Crippen molar-refractivity contribution in [2.45, 2.75) is 13.3 Å². The van der Waals surface area contributed by atoms with Gasteiger partial charge in [-0.3, -0.25) is 4.57 Å². The number of aliphatic hydroxyl groups is 1. The Morgan fingerprint density at radius 3 is 3.07 bits per heavy atom. The molecule has 2 rings (SSSR count). The highest BCUT2D eigenvalue weighted by Gasteiger charge is 2.43. The summed E-state index contributed by atoms with van der Waals surface area (Å²) in [6.07, 6.45) is 4.11. The molecular weight excluding hydrogens is 194 g/mol. The van der Waals surface area contributed by atoms with Gasteiger partial charge in [-0.2, -0.15) is 4.98 Å². The average molecular weight is 207 g/mol. The van der Waals surface area contributed by atoms with Gasteiger partial charge in [-0.25, -0.2) is 4.79 Å². The Labute approximate surface area is 86.9 Å². The summed E-state index contributed by atoms with van der Waals surface area (Å²) >= 11 is 0. The van der Waals surface area contributed by atoms with Crippen LogP contribution in [0, 0.1) is 5.41 Å². The Kier molecular flexibility index (Phi) is 2.12. The van der Waals surface area contributed by atoms with Crippen LogP contribution in [-0.4, -0.2) is 21.3 Å². The lowest BCUT2D eigenvalue weighted by Gasteiger charge is -2.01. The van der Waals surface area contributed by atoms with Gasteiger partial charge in [-0.05, 0) is 18.1 Å². The molecule has 0 bridgehead atoms. The van der Waals surface area contributed by atoms with E-state index in [4.69, 9.17) is 10.8 Å². The second-order valence-corrected chi connectivity index (χ2v) is 4.09. The maximum Gasteiger partial charge on any atom is 0.353 e. The molecular formula is C10H13N3O2. The monoisotopic (exact) mass is 207 g/mol. The topological polar surface area (TPSA) is 81.1 Å². The van der Waals surface area contributed by atoms with E-state index < -0.39 is 5.69 Å². The highest BCUT2D eigenvalue weighted by molar-refractivity contribution is 5.46. The van der Waals surface area contributed by atoms with Crippen LogP contribution in [0.15, 0.2) is 22.6 Å². The van der Waals surface area contributed by atoms with E-state index in [9.17, 15) is 4.79 Å². The lowest BCUT2D eigenvalue weighted by Crippen LogP contribution is -2.19. The van der Waals surface area contributed by atoms with Gasteiger partial charge >= 0.3 is 5.69 Å². The van der Waals surface area contributed by atoms with Crippen molar-refractivity contribution in [1.29, 1.82) is 0 Å². The summed E-state index contributed by atoms with van der Waals surface area (Å²) in [5.74, 6) is 0.218. The van der Waals surface area contributed by atoms with Crippen molar-refractivity contribution >= 4 is 12.0 Å². The van der Waals surface area contributed by atoms with E-state index in [1.165, 1.54) is 4.57 Å². The quantitative estimate of drug-likeness (QED) is 0.719. The molecule has 0 aromatic carbocycles. The van der Waals surface area contributed by atoms with Gasteiger partial charge < -0.3 is 10.8 Å². The fourth-order valence-electron chi connectivity index (χ4n) is 1.43. The van der Waals surface area contributed by atoms with Crippen LogP contribution >= 0.6 is 0 Å². The molecule has 1 aromatic rings. The molecule has 15 heavy (non-hydrogen) atoms. The first kappa shape index (κ1) is 9.92. The molecule has 1 unspecified atom stereocenters. The van der Waals surface area contributed by atoms with Crippen molar-refractivity contribution in [3.8, 4) is 0 Å². The van der Waals surface area contributed by atoms with E-state index in [0.29, 0.717) is 0 Å². The smallest absolute Gasteiger partial charge is 0.353 e. The maximum atomic E-state index is 11.4. The highest BCUT2D eigenvalue weighted by Crippen LogP contribution is 2.51. The molecule has 1 heterocycles. The Balaban J connectivity index is 2.31. The van der Waals surface area contributed by atoms with Crippen molar-refractivity contribution in [3.63, 3.8) is 0 Å². The Morgan fingerprint density at radius 2 is 2.53 bits per heavy atom. The third-order valence-corrected chi connectivity index (χ3v) is 2.73. The summed E-state index contributed by atoms with van der Waals surface area (Å²) in [6, 6.07) is 1.57. The number of nitrogens with zero attached hydrogens (tertiary/aromatic N) is 2. The zero-order chi connectivity index (χ0) is 11.1. The predicted octanol–water partition coefficient (Wildman–Crippen LogP) is 0.0687. The van der Waals surface area contributed by atoms with Gasteiger partial charge in [0.1, 0.15) is 5.82 Å². The molecule has 5 nitrogen and oxygen atoms in total. The van der Waals surface area contributed by atoms with Crippen LogP contribution in [0.2, 0.25) is 0 Å². The summed E-state index contributed by atoms with van der Waals surface area (Å²) < 4.78 is 1.38. The second kappa shape index (κ2) is 3.20. The van der Waals surface area contributed by atoms with Gasteiger partial charge in [0.2, 0.25) is 0 Å². The van der Waals surface area contributed by atoms with Gasteiger partial charge in [0, 0.05) is 17.8 Å². The second-order valence-electron chi connectivity index (χ2n) is 4.09. The largest absolute Gasteiger partial charge is 0.395 e. The molecule has 1 aromatic heterocycles. The Hall–Kier alpha value is -1.62. The first-order valence-corrected chi connectivity index (χ1v) is 4.72. The van der Waals surface area contributed by atoms with Crippen LogP contribution in [-0.2, 0) is 0 Å². The molecule has 1 atom stereocenters. The summed E-state index contributed by atoms with van der Waals surface area (Å²) in [6.45, 7) is 2.06. The summed E-state index contributed by atoms with van der Waals surface area (Å²) in [4.78, 5) is 15.0. The summed E-state index contributed by atoms with van der Waals surface area (Å²) in [7, 11) is 0. The van der Waals surface area contributed by atoms with Gasteiger partial charge in [-0.15, -0.1) is 0 Å². The van der Waals surface area contributed by atoms with Gasteiger partial charge in [0.05, 0.1) is 6.61 Å². The summed E-state index contributed by atoms with van der Waals surface area (Å²) in [5.41, 5.74) is 5.88. The van der Waals surface area contributed by atoms with E-state index >= 15 is 0 Å². The molecule has 0 aliphatic heterocycles. The number of nitrogens with two attached hydrogens (primary N) is 1. The van der Waals surface area contributed by atoms with E-state index in [1.807, 2.05) is 6.92 Å². The third-order valence-electron chi connectivity index (χ3n) is 2.73. The predicted molar refractivity (Wildman–Crippen MR) is 57.0 cm³/mol. The normalized spacial score (nSPS) is 26.9. The van der Waals surface area contributed by atoms with E-state index in [1.54, 1.807) is 18.5 Å². The number of hydrogen-bond donors (Lipinski definition) is 2. The van der Waals surface area contributed by atoms with Crippen LogP contribution in [0.5, 0.6) is 0 Å². The molecule has 1 aliphatic rings. The Morgan fingerprint density at radius 1 is 1.80 bits per heavy atom. The molecule has 80 valence electrons. The van der Waals surface area contributed by atoms with E-state index in [0.717, 1.165) is 12.0 Å². The molecule has 0 amide bonds. The fraction of sp³-hybridized carbons (Fsp3) is 0.400. The maximum absolute atomic E-state index is 11.4. The molecule has 5 heteroatoms. The van der Waals surface area contributed by atoms with E-state index in [-0.39, 0.29) is 17.8 Å². The highest BCUT2D eigenvalue weighted by atomic mass is 16.3. The number of hydrogen-bond acceptors (Lipinski definition) is 4. The molecule has 1 saturated carbocycles. The minimum absolute atomic E-state index is 0.107. The van der Waals surface area contributed by atoms with Crippen molar-refractivity contribution < 1.29 is 5.11 Å². The zero-order valence-corrected chi connectivity index (χ0v) is 8.47. The van der Waals surface area contributed by atoms with Crippen molar-refractivity contribution in [1.82, 2.24) is 9.55 Å². The molecule has 0 saturated heterocycles. The number of aromatic nitrogens is 2. The van der Waals surface area contributed by atoms with Gasteiger partial charge in [0.25, 0.3) is 0 Å².